The van der Waals surface area contributed by atoms with Gasteiger partial charge >= 0.3 is 5.97 Å². The van der Waals surface area contributed by atoms with Crippen molar-refractivity contribution in [3.63, 3.8) is 0 Å². The number of hydrogen-bond acceptors (Lipinski definition) is 3. The highest BCUT2D eigenvalue weighted by Crippen LogP contribution is 2.38. The van der Waals surface area contributed by atoms with Crippen LogP contribution in [0.2, 0.25) is 38.3 Å². The van der Waals surface area contributed by atoms with E-state index < -0.39 is 16.5 Å². The van der Waals surface area contributed by atoms with Crippen molar-refractivity contribution in [2.24, 2.45) is 0 Å². The Morgan fingerprint density at radius 1 is 0.960 bits per heavy atom. The molecule has 2 aromatic rings. The van der Waals surface area contributed by atoms with Crippen molar-refractivity contribution < 1.29 is 9.53 Å². The summed E-state index contributed by atoms with van der Waals surface area (Å²) >= 11 is 0. The number of carbonyl (C=O) groups excluding carboxylic acids is 1. The summed E-state index contributed by atoms with van der Waals surface area (Å²) in [5, 5.41) is 0. The first kappa shape index (κ1) is 18.1. The Kier molecular flexibility index (Phi) is 5.00. The minimum absolute atomic E-state index is 0.289. The molecule has 25 heavy (non-hydrogen) atoms. The van der Waals surface area contributed by atoms with Crippen molar-refractivity contribution in [3.8, 4) is 5.75 Å². The third-order valence-electron chi connectivity index (χ3n) is 5.27. The maximum absolute atomic E-state index is 12.4. The van der Waals surface area contributed by atoms with Crippen LogP contribution in [0.4, 0.5) is 0 Å². The lowest BCUT2D eigenvalue weighted by molar-refractivity contribution is 0.0734. The summed E-state index contributed by atoms with van der Waals surface area (Å²) < 4.78 is 8.29. The molecule has 1 fully saturated rings. The van der Waals surface area contributed by atoms with Crippen LogP contribution in [0.25, 0.3) is 0 Å². The van der Waals surface area contributed by atoms with Crippen molar-refractivity contribution in [1.82, 2.24) is 4.23 Å². The summed E-state index contributed by atoms with van der Waals surface area (Å²) in [5.41, 5.74) is 1.84. The molecular formula is C20H27NO2Si2. The fourth-order valence-corrected chi connectivity index (χ4v) is 17.6. The van der Waals surface area contributed by atoms with Gasteiger partial charge in [0.2, 0.25) is 0 Å². The molecule has 0 saturated carbocycles. The van der Waals surface area contributed by atoms with E-state index in [-0.39, 0.29) is 5.97 Å². The molecule has 2 aromatic carbocycles. The molecule has 3 rings (SSSR count). The Morgan fingerprint density at radius 3 is 2.24 bits per heavy atom. The molecule has 5 heteroatoms. The zero-order valence-electron chi connectivity index (χ0n) is 15.6. The van der Waals surface area contributed by atoms with Crippen molar-refractivity contribution in [1.29, 1.82) is 0 Å². The van der Waals surface area contributed by atoms with E-state index in [0.717, 1.165) is 6.54 Å². The highest BCUT2D eigenvalue weighted by Gasteiger charge is 2.46. The predicted molar refractivity (Wildman–Crippen MR) is 108 cm³/mol. The second kappa shape index (κ2) is 6.90. The van der Waals surface area contributed by atoms with Crippen LogP contribution in [0, 0.1) is 0 Å². The molecule has 3 nitrogen and oxygen atoms in total. The standard InChI is InChI=1S/C20H27NO2Si2/c1-24(2)13-14-25(3,4)21(24)16-17-9-8-10-18(15-17)20(22)23-19-11-6-5-7-12-19/h5-12,15H,13-14,16H2,1-4H3. The smallest absolute Gasteiger partial charge is 0.343 e. The second-order valence-electron chi connectivity index (χ2n) is 8.11. The summed E-state index contributed by atoms with van der Waals surface area (Å²) in [6.45, 7) is 10.9. The zero-order valence-corrected chi connectivity index (χ0v) is 17.6. The largest absolute Gasteiger partial charge is 0.423 e. The number of benzene rings is 2. The number of para-hydroxylation sites is 1. The summed E-state index contributed by atoms with van der Waals surface area (Å²) in [5.74, 6) is 0.294. The van der Waals surface area contributed by atoms with Gasteiger partial charge in [-0.2, -0.15) is 0 Å². The van der Waals surface area contributed by atoms with Gasteiger partial charge in [0.15, 0.2) is 0 Å². The van der Waals surface area contributed by atoms with Crippen LogP contribution in [0.1, 0.15) is 15.9 Å². The van der Waals surface area contributed by atoms with E-state index >= 15 is 0 Å². The summed E-state index contributed by atoms with van der Waals surface area (Å²) in [6, 6.07) is 20.0. The molecule has 1 aliphatic rings. The molecule has 0 unspecified atom stereocenters. The number of hydrogen-bond donors (Lipinski definition) is 0. The molecule has 1 aliphatic heterocycles. The van der Waals surface area contributed by atoms with Gasteiger partial charge in [-0.05, 0) is 41.9 Å². The molecule has 1 heterocycles. The first-order valence-corrected chi connectivity index (χ1v) is 15.2. The van der Waals surface area contributed by atoms with Gasteiger partial charge in [-0.1, -0.05) is 56.5 Å². The first-order valence-electron chi connectivity index (χ1n) is 8.92. The fraction of sp³-hybridized carbons (Fsp3) is 0.350. The van der Waals surface area contributed by atoms with Crippen LogP contribution in [-0.2, 0) is 6.54 Å². The van der Waals surface area contributed by atoms with Crippen LogP contribution in [-0.4, -0.2) is 26.7 Å². The Hall–Kier alpha value is -1.70. The first-order chi connectivity index (χ1) is 11.8. The summed E-state index contributed by atoms with van der Waals surface area (Å²) in [7, 11) is -2.63. The maximum Gasteiger partial charge on any atom is 0.343 e. The molecule has 0 spiro atoms. The SMILES string of the molecule is C[Si]1(C)CC[Si](C)(C)N1Cc1cccc(C(=O)Oc2ccccc2)c1. The van der Waals surface area contributed by atoms with E-state index in [1.807, 2.05) is 36.4 Å². The minimum Gasteiger partial charge on any atom is -0.423 e. The molecule has 0 bridgehead atoms. The topological polar surface area (TPSA) is 29.5 Å². The van der Waals surface area contributed by atoms with Gasteiger partial charge in [0.05, 0.1) is 5.56 Å². The average Bonchev–Trinajstić information content (AvgIpc) is 2.79. The van der Waals surface area contributed by atoms with E-state index in [9.17, 15) is 4.79 Å². The Labute approximate surface area is 152 Å². The van der Waals surface area contributed by atoms with Gasteiger partial charge in [0.1, 0.15) is 22.2 Å². The van der Waals surface area contributed by atoms with Crippen LogP contribution >= 0.6 is 0 Å². The number of carbonyl (C=O) groups is 1. The number of ether oxygens (including phenoxy) is 1. The molecule has 132 valence electrons. The molecule has 0 aliphatic carbocycles. The molecule has 0 radical (unpaired) electrons. The number of esters is 1. The van der Waals surface area contributed by atoms with Crippen LogP contribution in [0.15, 0.2) is 54.6 Å². The van der Waals surface area contributed by atoms with Gasteiger partial charge in [-0.3, -0.25) is 0 Å². The van der Waals surface area contributed by atoms with Crippen LogP contribution in [0.5, 0.6) is 5.75 Å². The van der Waals surface area contributed by atoms with Gasteiger partial charge in [-0.15, -0.1) is 0 Å². The lowest BCUT2D eigenvalue weighted by Gasteiger charge is -2.39. The second-order valence-corrected chi connectivity index (χ2v) is 17.9. The number of nitrogens with zero attached hydrogens (tertiary/aromatic N) is 1. The van der Waals surface area contributed by atoms with Crippen molar-refractivity contribution in [2.45, 2.75) is 44.8 Å². The number of rotatable bonds is 4. The average molecular weight is 370 g/mol. The normalized spacial score (nSPS) is 18.9. The fourth-order valence-electron chi connectivity index (χ4n) is 3.76. The van der Waals surface area contributed by atoms with E-state index in [2.05, 4.69) is 36.5 Å². The van der Waals surface area contributed by atoms with E-state index in [4.69, 9.17) is 4.74 Å². The van der Waals surface area contributed by atoms with Crippen LogP contribution < -0.4 is 4.74 Å². The van der Waals surface area contributed by atoms with Gasteiger partial charge in [0.25, 0.3) is 0 Å². The zero-order chi connectivity index (χ0) is 18.1. The molecule has 0 atom stereocenters. The van der Waals surface area contributed by atoms with Gasteiger partial charge in [0, 0.05) is 6.54 Å². The minimum atomic E-state index is -1.31. The van der Waals surface area contributed by atoms with Gasteiger partial charge in [-0.25, -0.2) is 4.79 Å². The van der Waals surface area contributed by atoms with Crippen molar-refractivity contribution in [3.05, 3.63) is 65.7 Å². The lowest BCUT2D eigenvalue weighted by Crippen LogP contribution is -2.54. The van der Waals surface area contributed by atoms with Crippen molar-refractivity contribution in [2.75, 3.05) is 0 Å². The third kappa shape index (κ3) is 4.11. The van der Waals surface area contributed by atoms with E-state index in [1.54, 1.807) is 12.1 Å². The predicted octanol–water partition coefficient (Wildman–Crippen LogP) is 5.13. The molecule has 0 amide bonds. The molecule has 0 aromatic heterocycles. The van der Waals surface area contributed by atoms with Gasteiger partial charge < -0.3 is 8.97 Å². The summed E-state index contributed by atoms with van der Waals surface area (Å²) in [6.07, 6.45) is 0. The Bertz CT molecular complexity index is 743. The molecule has 0 N–H and O–H groups in total. The molecule has 1 saturated heterocycles. The Morgan fingerprint density at radius 2 is 1.60 bits per heavy atom. The maximum atomic E-state index is 12.4. The Balaban J connectivity index is 1.76. The molecular weight excluding hydrogens is 342 g/mol. The highest BCUT2D eigenvalue weighted by atomic mass is 28.4. The summed E-state index contributed by atoms with van der Waals surface area (Å²) in [4.78, 5) is 12.4. The van der Waals surface area contributed by atoms with Crippen LogP contribution in [0.3, 0.4) is 0 Å². The van der Waals surface area contributed by atoms with E-state index in [0.29, 0.717) is 11.3 Å². The third-order valence-corrected chi connectivity index (χ3v) is 15.6. The van der Waals surface area contributed by atoms with Crippen molar-refractivity contribution >= 4 is 22.4 Å². The lowest BCUT2D eigenvalue weighted by atomic mass is 10.1. The monoisotopic (exact) mass is 369 g/mol. The quantitative estimate of drug-likeness (QED) is 0.425. The van der Waals surface area contributed by atoms with E-state index in [1.165, 1.54) is 17.7 Å². The highest BCUT2D eigenvalue weighted by molar-refractivity contribution is 6.95.